The van der Waals surface area contributed by atoms with Gasteiger partial charge in [0, 0.05) is 18.6 Å². The van der Waals surface area contributed by atoms with Crippen LogP contribution in [0.5, 0.6) is 0 Å². The van der Waals surface area contributed by atoms with Gasteiger partial charge in [-0.25, -0.2) is 9.97 Å². The van der Waals surface area contributed by atoms with E-state index in [0.29, 0.717) is 5.82 Å². The molecular formula is C11H11N3. The van der Waals surface area contributed by atoms with E-state index in [9.17, 15) is 0 Å². The molecular weight excluding hydrogens is 174 g/mol. The Hall–Kier alpha value is -1.77. The largest absolute Gasteiger partial charge is 0.253 e. The van der Waals surface area contributed by atoms with Crippen molar-refractivity contribution in [2.24, 2.45) is 0 Å². The van der Waals surface area contributed by atoms with Crippen LogP contribution < -0.4 is 0 Å². The fourth-order valence-corrected chi connectivity index (χ4v) is 1.23. The minimum absolute atomic E-state index is 0.689. The van der Waals surface area contributed by atoms with Crippen LogP contribution >= 0.6 is 0 Å². The van der Waals surface area contributed by atoms with E-state index in [2.05, 4.69) is 15.0 Å². The molecule has 0 saturated heterocycles. The molecule has 2 rings (SSSR count). The van der Waals surface area contributed by atoms with Crippen LogP contribution in [-0.2, 0) is 0 Å². The minimum atomic E-state index is 0.689. The van der Waals surface area contributed by atoms with Gasteiger partial charge < -0.3 is 0 Å². The van der Waals surface area contributed by atoms with Crippen molar-refractivity contribution in [3.8, 4) is 11.5 Å². The van der Waals surface area contributed by atoms with Crippen molar-refractivity contribution >= 4 is 0 Å². The van der Waals surface area contributed by atoms with Gasteiger partial charge in [0.15, 0.2) is 5.82 Å². The summed E-state index contributed by atoms with van der Waals surface area (Å²) >= 11 is 0. The van der Waals surface area contributed by atoms with Gasteiger partial charge in [-0.15, -0.1) is 0 Å². The Morgan fingerprint density at radius 3 is 2.36 bits per heavy atom. The van der Waals surface area contributed by atoms with Crippen LogP contribution in [0.4, 0.5) is 0 Å². The number of aromatic nitrogens is 3. The molecule has 0 aliphatic heterocycles. The standard InChI is InChI=1S/C11H11N3/c1-8-6-13-11(14-7-8)10-9(2)4-3-5-12-10/h3-7H,1-2H3. The SMILES string of the molecule is Cc1cnc(-c2ncccc2C)nc1. The molecule has 0 atom stereocenters. The van der Waals surface area contributed by atoms with Crippen LogP contribution in [0.1, 0.15) is 11.1 Å². The first-order valence-electron chi connectivity index (χ1n) is 4.48. The van der Waals surface area contributed by atoms with E-state index in [1.165, 1.54) is 0 Å². The average Bonchev–Trinajstić information content (AvgIpc) is 2.20. The Morgan fingerprint density at radius 2 is 1.71 bits per heavy atom. The minimum Gasteiger partial charge on any atom is -0.253 e. The van der Waals surface area contributed by atoms with Crippen molar-refractivity contribution in [3.63, 3.8) is 0 Å². The van der Waals surface area contributed by atoms with Gasteiger partial charge in [-0.1, -0.05) is 6.07 Å². The van der Waals surface area contributed by atoms with Crippen molar-refractivity contribution < 1.29 is 0 Å². The van der Waals surface area contributed by atoms with Gasteiger partial charge in [-0.2, -0.15) is 0 Å². The first-order valence-corrected chi connectivity index (χ1v) is 4.48. The van der Waals surface area contributed by atoms with Crippen LogP contribution in [0.15, 0.2) is 30.7 Å². The molecule has 14 heavy (non-hydrogen) atoms. The molecule has 0 spiro atoms. The van der Waals surface area contributed by atoms with Crippen LogP contribution in [0.2, 0.25) is 0 Å². The number of hydrogen-bond donors (Lipinski definition) is 0. The fourth-order valence-electron chi connectivity index (χ4n) is 1.23. The van der Waals surface area contributed by atoms with Gasteiger partial charge in [0.1, 0.15) is 5.69 Å². The van der Waals surface area contributed by atoms with Crippen LogP contribution in [0.3, 0.4) is 0 Å². The predicted octanol–water partition coefficient (Wildman–Crippen LogP) is 2.16. The molecule has 2 heterocycles. The summed E-state index contributed by atoms with van der Waals surface area (Å²) < 4.78 is 0. The summed E-state index contributed by atoms with van der Waals surface area (Å²) in [6, 6.07) is 3.92. The predicted molar refractivity (Wildman–Crippen MR) is 54.7 cm³/mol. The normalized spacial score (nSPS) is 10.1. The molecule has 0 radical (unpaired) electrons. The molecule has 3 nitrogen and oxygen atoms in total. The first kappa shape index (κ1) is 8.81. The van der Waals surface area contributed by atoms with Crippen molar-refractivity contribution in [2.75, 3.05) is 0 Å². The van der Waals surface area contributed by atoms with Gasteiger partial charge >= 0.3 is 0 Å². The van der Waals surface area contributed by atoms with E-state index in [1.807, 2.05) is 26.0 Å². The van der Waals surface area contributed by atoms with Crippen molar-refractivity contribution in [1.29, 1.82) is 0 Å². The third kappa shape index (κ3) is 1.62. The van der Waals surface area contributed by atoms with Gasteiger partial charge in [0.25, 0.3) is 0 Å². The Bertz CT molecular complexity index is 435. The summed E-state index contributed by atoms with van der Waals surface area (Å²) in [6.45, 7) is 3.97. The molecule has 2 aromatic rings. The van der Waals surface area contributed by atoms with E-state index >= 15 is 0 Å². The lowest BCUT2D eigenvalue weighted by Crippen LogP contribution is -1.93. The summed E-state index contributed by atoms with van der Waals surface area (Å²) in [5, 5.41) is 0. The number of aryl methyl sites for hydroxylation is 2. The van der Waals surface area contributed by atoms with Crippen LogP contribution in [0.25, 0.3) is 11.5 Å². The van der Waals surface area contributed by atoms with Crippen LogP contribution in [-0.4, -0.2) is 15.0 Å². The second-order valence-corrected chi connectivity index (χ2v) is 3.25. The lowest BCUT2D eigenvalue weighted by molar-refractivity contribution is 1.10. The van der Waals surface area contributed by atoms with E-state index < -0.39 is 0 Å². The van der Waals surface area contributed by atoms with Gasteiger partial charge in [0.05, 0.1) is 0 Å². The number of rotatable bonds is 1. The number of nitrogens with zero attached hydrogens (tertiary/aromatic N) is 3. The van der Waals surface area contributed by atoms with Crippen molar-refractivity contribution in [2.45, 2.75) is 13.8 Å². The van der Waals surface area contributed by atoms with E-state index in [1.54, 1.807) is 18.6 Å². The lowest BCUT2D eigenvalue weighted by Gasteiger charge is -2.01. The van der Waals surface area contributed by atoms with Gasteiger partial charge in [-0.3, -0.25) is 4.98 Å². The molecule has 0 aliphatic carbocycles. The highest BCUT2D eigenvalue weighted by Gasteiger charge is 2.04. The highest BCUT2D eigenvalue weighted by atomic mass is 14.9. The zero-order chi connectivity index (χ0) is 9.97. The number of hydrogen-bond acceptors (Lipinski definition) is 3. The summed E-state index contributed by atoms with van der Waals surface area (Å²) in [5.74, 6) is 0.689. The maximum atomic E-state index is 4.25. The summed E-state index contributed by atoms with van der Waals surface area (Å²) in [4.78, 5) is 12.7. The Kier molecular flexibility index (Phi) is 2.23. The van der Waals surface area contributed by atoms with Crippen LogP contribution in [0, 0.1) is 13.8 Å². The Labute approximate surface area is 82.9 Å². The monoisotopic (exact) mass is 185 g/mol. The lowest BCUT2D eigenvalue weighted by atomic mass is 10.2. The molecule has 0 amide bonds. The molecule has 0 aromatic carbocycles. The van der Waals surface area contributed by atoms with Gasteiger partial charge in [-0.05, 0) is 31.0 Å². The molecule has 0 saturated carbocycles. The summed E-state index contributed by atoms with van der Waals surface area (Å²) in [7, 11) is 0. The van der Waals surface area contributed by atoms with E-state index in [-0.39, 0.29) is 0 Å². The average molecular weight is 185 g/mol. The summed E-state index contributed by atoms with van der Waals surface area (Å²) in [6.07, 6.45) is 5.36. The maximum absolute atomic E-state index is 4.25. The van der Waals surface area contributed by atoms with Crippen molar-refractivity contribution in [1.82, 2.24) is 15.0 Å². The van der Waals surface area contributed by atoms with E-state index in [4.69, 9.17) is 0 Å². The quantitative estimate of drug-likeness (QED) is 0.683. The zero-order valence-electron chi connectivity index (χ0n) is 8.23. The highest BCUT2D eigenvalue weighted by molar-refractivity contribution is 5.53. The molecule has 0 bridgehead atoms. The Morgan fingerprint density at radius 1 is 1.00 bits per heavy atom. The Balaban J connectivity index is 2.50. The van der Waals surface area contributed by atoms with Gasteiger partial charge in [0.2, 0.25) is 0 Å². The number of pyridine rings is 1. The summed E-state index contributed by atoms with van der Waals surface area (Å²) in [5.41, 5.74) is 3.01. The molecule has 70 valence electrons. The maximum Gasteiger partial charge on any atom is 0.178 e. The smallest absolute Gasteiger partial charge is 0.178 e. The molecule has 3 heteroatoms. The highest BCUT2D eigenvalue weighted by Crippen LogP contribution is 2.14. The second kappa shape index (κ2) is 3.54. The second-order valence-electron chi connectivity index (χ2n) is 3.25. The topological polar surface area (TPSA) is 38.7 Å². The molecule has 0 fully saturated rings. The molecule has 0 aliphatic rings. The molecule has 0 N–H and O–H groups in total. The fraction of sp³-hybridized carbons (Fsp3) is 0.182. The first-order chi connectivity index (χ1) is 6.77. The molecule has 2 aromatic heterocycles. The zero-order valence-corrected chi connectivity index (χ0v) is 8.23. The third-order valence-corrected chi connectivity index (χ3v) is 2.00. The van der Waals surface area contributed by atoms with E-state index in [0.717, 1.165) is 16.8 Å². The van der Waals surface area contributed by atoms with Crippen molar-refractivity contribution in [3.05, 3.63) is 41.9 Å². The third-order valence-electron chi connectivity index (χ3n) is 2.00. The molecule has 0 unspecified atom stereocenters.